The Morgan fingerprint density at radius 1 is 1.20 bits per heavy atom. The van der Waals surface area contributed by atoms with Gasteiger partial charge >= 0.3 is 6.09 Å². The molecule has 1 amide bonds. The minimum atomic E-state index is -0.225. The zero-order valence-electron chi connectivity index (χ0n) is 15.3. The first-order valence-electron chi connectivity index (χ1n) is 8.96. The van der Waals surface area contributed by atoms with E-state index in [4.69, 9.17) is 4.74 Å². The van der Waals surface area contributed by atoms with Gasteiger partial charge in [0.05, 0.1) is 18.6 Å². The summed E-state index contributed by atoms with van der Waals surface area (Å²) in [6.07, 6.45) is 3.83. The third kappa shape index (κ3) is 4.41. The number of benzene rings is 1. The van der Waals surface area contributed by atoms with Gasteiger partial charge in [-0.1, -0.05) is 45.0 Å². The number of aromatic nitrogens is 2. The van der Waals surface area contributed by atoms with Crippen LogP contribution in [0.1, 0.15) is 43.3 Å². The fourth-order valence-electron chi connectivity index (χ4n) is 3.08. The van der Waals surface area contributed by atoms with Crippen molar-refractivity contribution in [1.82, 2.24) is 14.9 Å². The molecule has 0 atom stereocenters. The van der Waals surface area contributed by atoms with Crippen LogP contribution in [0, 0.1) is 0 Å². The number of hydrogen-bond donors (Lipinski definition) is 1. The normalized spacial score (nSPS) is 14.8. The molecule has 3 rings (SSSR count). The molecule has 0 unspecified atom stereocenters. The van der Waals surface area contributed by atoms with E-state index in [9.17, 15) is 4.79 Å². The van der Waals surface area contributed by atoms with Crippen LogP contribution in [-0.4, -0.2) is 40.7 Å². The molecule has 0 saturated carbocycles. The van der Waals surface area contributed by atoms with E-state index in [0.717, 1.165) is 30.7 Å². The molecule has 1 N–H and O–H groups in total. The summed E-state index contributed by atoms with van der Waals surface area (Å²) in [6.45, 7) is 8.36. The summed E-state index contributed by atoms with van der Waals surface area (Å²) in [4.78, 5) is 21.5. The number of amides is 1. The van der Waals surface area contributed by atoms with Crippen LogP contribution in [0.3, 0.4) is 0 Å². The van der Waals surface area contributed by atoms with Crippen molar-refractivity contribution in [2.24, 2.45) is 0 Å². The van der Waals surface area contributed by atoms with Crippen LogP contribution in [0.25, 0.3) is 0 Å². The molecule has 0 radical (unpaired) electrons. The molecule has 134 valence electrons. The summed E-state index contributed by atoms with van der Waals surface area (Å²) in [7, 11) is 0. The van der Waals surface area contributed by atoms with Crippen LogP contribution < -0.4 is 0 Å². The number of carbonyl (C=O) groups is 1. The monoisotopic (exact) mass is 341 g/mol. The Bertz CT molecular complexity index is 691. The topological polar surface area (TPSA) is 58.2 Å². The highest BCUT2D eigenvalue weighted by molar-refractivity contribution is 5.67. The number of H-pyrrole nitrogens is 1. The smallest absolute Gasteiger partial charge is 0.409 e. The molecule has 1 aromatic heterocycles. The molecular formula is C20H27N3O2. The van der Waals surface area contributed by atoms with Gasteiger partial charge in [0.1, 0.15) is 0 Å². The second-order valence-corrected chi connectivity index (χ2v) is 7.63. The predicted molar refractivity (Wildman–Crippen MR) is 97.8 cm³/mol. The number of aromatic amines is 1. The summed E-state index contributed by atoms with van der Waals surface area (Å²) in [6, 6.07) is 8.57. The van der Waals surface area contributed by atoms with Crippen molar-refractivity contribution in [2.45, 2.75) is 45.4 Å². The van der Waals surface area contributed by atoms with Crippen molar-refractivity contribution in [3.63, 3.8) is 0 Å². The number of hydrogen-bond acceptors (Lipinski definition) is 3. The van der Waals surface area contributed by atoms with Crippen molar-refractivity contribution in [3.8, 4) is 0 Å². The second kappa shape index (κ2) is 7.30. The average Bonchev–Trinajstić information content (AvgIpc) is 2.93. The fraction of sp³-hybridized carbons (Fsp3) is 0.500. The van der Waals surface area contributed by atoms with Gasteiger partial charge in [0.2, 0.25) is 0 Å². The first kappa shape index (κ1) is 17.5. The molecule has 1 aliphatic heterocycles. The number of rotatable bonds is 3. The minimum absolute atomic E-state index is 0.158. The quantitative estimate of drug-likeness (QED) is 0.930. The summed E-state index contributed by atoms with van der Waals surface area (Å²) in [5, 5.41) is 0. The number of imidazole rings is 1. The van der Waals surface area contributed by atoms with Crippen molar-refractivity contribution in [2.75, 3.05) is 19.7 Å². The maximum absolute atomic E-state index is 12.3. The van der Waals surface area contributed by atoms with Gasteiger partial charge in [-0.05, 0) is 16.5 Å². The third-order valence-electron chi connectivity index (χ3n) is 4.75. The Balaban J connectivity index is 1.46. The summed E-state index contributed by atoms with van der Waals surface area (Å²) < 4.78 is 5.47. The highest BCUT2D eigenvalue weighted by Gasteiger charge is 2.20. The fourth-order valence-corrected chi connectivity index (χ4v) is 3.08. The number of fused-ring (bicyclic) bond motifs is 1. The van der Waals surface area contributed by atoms with Gasteiger partial charge < -0.3 is 14.6 Å². The van der Waals surface area contributed by atoms with E-state index >= 15 is 0 Å². The van der Waals surface area contributed by atoms with Crippen molar-refractivity contribution in [1.29, 1.82) is 0 Å². The van der Waals surface area contributed by atoms with Gasteiger partial charge in [-0.15, -0.1) is 0 Å². The Labute approximate surface area is 149 Å². The van der Waals surface area contributed by atoms with Gasteiger partial charge in [0.15, 0.2) is 0 Å². The van der Waals surface area contributed by atoms with Gasteiger partial charge in [0.25, 0.3) is 0 Å². The maximum atomic E-state index is 12.3. The molecule has 2 aromatic rings. The molecular weight excluding hydrogens is 314 g/mol. The van der Waals surface area contributed by atoms with Gasteiger partial charge in [-0.2, -0.15) is 0 Å². The van der Waals surface area contributed by atoms with E-state index in [1.165, 1.54) is 11.1 Å². The van der Waals surface area contributed by atoms with E-state index in [-0.39, 0.29) is 11.5 Å². The first-order chi connectivity index (χ1) is 11.9. The molecule has 0 aliphatic carbocycles. The van der Waals surface area contributed by atoms with Crippen molar-refractivity contribution >= 4 is 6.09 Å². The predicted octanol–water partition coefficient (Wildman–Crippen LogP) is 3.49. The number of nitrogens with one attached hydrogen (secondary N) is 1. The highest BCUT2D eigenvalue weighted by Crippen LogP contribution is 2.22. The summed E-state index contributed by atoms with van der Waals surface area (Å²) >= 11 is 0. The Morgan fingerprint density at radius 2 is 1.92 bits per heavy atom. The second-order valence-electron chi connectivity index (χ2n) is 7.63. The Hall–Kier alpha value is -2.30. The number of nitrogens with zero attached hydrogens (tertiary/aromatic N) is 2. The van der Waals surface area contributed by atoms with E-state index < -0.39 is 0 Å². The molecule has 2 heterocycles. The lowest BCUT2D eigenvalue weighted by atomic mass is 9.86. The van der Waals surface area contributed by atoms with Crippen LogP contribution in [0.5, 0.6) is 0 Å². The lowest BCUT2D eigenvalue weighted by molar-refractivity contribution is 0.105. The largest absolute Gasteiger partial charge is 0.449 e. The van der Waals surface area contributed by atoms with Crippen LogP contribution in [-0.2, 0) is 29.4 Å². The molecule has 0 bridgehead atoms. The van der Waals surface area contributed by atoms with Crippen LogP contribution in [0.15, 0.2) is 30.6 Å². The lowest BCUT2D eigenvalue weighted by Crippen LogP contribution is -2.34. The molecule has 25 heavy (non-hydrogen) atoms. The van der Waals surface area contributed by atoms with Crippen LogP contribution in [0.2, 0.25) is 0 Å². The molecule has 1 aliphatic rings. The van der Waals surface area contributed by atoms with E-state index in [0.29, 0.717) is 19.7 Å². The van der Waals surface area contributed by atoms with Crippen LogP contribution >= 0.6 is 0 Å². The average molecular weight is 341 g/mol. The number of ether oxygens (including phenoxy) is 1. The van der Waals surface area contributed by atoms with Crippen LogP contribution in [0.4, 0.5) is 4.79 Å². The third-order valence-corrected chi connectivity index (χ3v) is 4.75. The maximum Gasteiger partial charge on any atom is 0.409 e. The molecule has 5 heteroatoms. The highest BCUT2D eigenvalue weighted by atomic mass is 16.6. The summed E-state index contributed by atoms with van der Waals surface area (Å²) in [5.41, 5.74) is 4.86. The van der Waals surface area contributed by atoms with Gasteiger partial charge in [0, 0.05) is 38.0 Å². The summed E-state index contributed by atoms with van der Waals surface area (Å²) in [5.74, 6) is 0. The SMILES string of the molecule is CC(C)(C)c1ccc(CCOC(=O)N2CCc3nc[nH]c3CC2)cc1. The van der Waals surface area contributed by atoms with Crippen molar-refractivity contribution in [3.05, 3.63) is 53.1 Å². The van der Waals surface area contributed by atoms with Gasteiger partial charge in [-0.25, -0.2) is 9.78 Å². The first-order valence-corrected chi connectivity index (χ1v) is 8.96. The molecule has 0 fully saturated rings. The Morgan fingerprint density at radius 3 is 2.64 bits per heavy atom. The zero-order valence-corrected chi connectivity index (χ0v) is 15.3. The minimum Gasteiger partial charge on any atom is -0.449 e. The Kier molecular flexibility index (Phi) is 5.11. The van der Waals surface area contributed by atoms with Crippen molar-refractivity contribution < 1.29 is 9.53 Å². The molecule has 0 spiro atoms. The van der Waals surface area contributed by atoms with E-state index in [1.54, 1.807) is 11.2 Å². The van der Waals surface area contributed by atoms with E-state index in [1.807, 2.05) is 0 Å². The van der Waals surface area contributed by atoms with E-state index in [2.05, 4.69) is 55.0 Å². The standard InChI is InChI=1S/C20H27N3O2/c1-20(2,3)16-6-4-15(5-7-16)10-13-25-19(24)23-11-8-17-18(9-12-23)22-14-21-17/h4-7,14H,8-13H2,1-3H3,(H,21,22). The lowest BCUT2D eigenvalue weighted by Gasteiger charge is -2.20. The van der Waals surface area contributed by atoms with Gasteiger partial charge in [-0.3, -0.25) is 0 Å². The molecule has 1 aromatic carbocycles. The molecule has 5 nitrogen and oxygen atoms in total. The number of carbonyl (C=O) groups excluding carboxylic acids is 1. The molecule has 0 saturated heterocycles. The zero-order chi connectivity index (χ0) is 17.9.